The summed E-state index contributed by atoms with van der Waals surface area (Å²) in [6, 6.07) is 3.55. The molecule has 0 aliphatic heterocycles. The molecule has 0 unspecified atom stereocenters. The van der Waals surface area contributed by atoms with Gasteiger partial charge in [-0.25, -0.2) is 0 Å². The van der Waals surface area contributed by atoms with Gasteiger partial charge in [0.1, 0.15) is 0 Å². The maximum Gasteiger partial charge on any atom is 0.169 e. The molecule has 2 rings (SSSR count). The van der Waals surface area contributed by atoms with Crippen LogP contribution in [0, 0.1) is 0 Å². The molecule has 0 saturated heterocycles. The maximum atomic E-state index is 11.9. The summed E-state index contributed by atoms with van der Waals surface area (Å²) in [5.41, 5.74) is 1.07. The third kappa shape index (κ3) is 3.16. The number of carbonyl (C=O) groups is 2. The van der Waals surface area contributed by atoms with Gasteiger partial charge in [-0.15, -0.1) is 0 Å². The largest absolute Gasteiger partial charge is 0.361 e. The van der Waals surface area contributed by atoms with Gasteiger partial charge in [-0.3, -0.25) is 14.6 Å². The summed E-state index contributed by atoms with van der Waals surface area (Å²) < 4.78 is -0.250. The van der Waals surface area contributed by atoms with Crippen LogP contribution in [0.15, 0.2) is 36.3 Å². The summed E-state index contributed by atoms with van der Waals surface area (Å²) in [6.45, 7) is 1.93. The summed E-state index contributed by atoms with van der Waals surface area (Å²) in [5, 5.41) is 2.96. The number of nitrogens with one attached hydrogen (secondary N) is 1. The van der Waals surface area contributed by atoms with Crippen molar-refractivity contribution in [3.05, 3.63) is 36.3 Å². The SMILES string of the molecule is CC1(I)CC(=O)C(=CNc2ccncc2)C(=O)C1. The van der Waals surface area contributed by atoms with Crippen molar-refractivity contribution >= 4 is 39.8 Å². The highest BCUT2D eigenvalue weighted by atomic mass is 127. The molecule has 0 bridgehead atoms. The molecule has 0 atom stereocenters. The molecule has 0 amide bonds. The minimum absolute atomic E-state index is 0.0929. The second-order valence-corrected chi connectivity index (χ2v) is 7.16. The zero-order valence-corrected chi connectivity index (χ0v) is 12.1. The lowest BCUT2D eigenvalue weighted by Gasteiger charge is -2.26. The van der Waals surface area contributed by atoms with Gasteiger partial charge >= 0.3 is 0 Å². The van der Waals surface area contributed by atoms with Crippen LogP contribution in [0.3, 0.4) is 0 Å². The molecule has 94 valence electrons. The van der Waals surface area contributed by atoms with Gasteiger partial charge in [0.25, 0.3) is 0 Å². The molecule has 18 heavy (non-hydrogen) atoms. The number of aromatic nitrogens is 1. The Morgan fingerprint density at radius 3 is 2.39 bits per heavy atom. The number of anilines is 1. The van der Waals surface area contributed by atoms with Gasteiger partial charge in [-0.05, 0) is 19.1 Å². The number of nitrogens with zero attached hydrogens (tertiary/aromatic N) is 1. The van der Waals surface area contributed by atoms with Gasteiger partial charge in [0.05, 0.1) is 5.57 Å². The van der Waals surface area contributed by atoms with Gasteiger partial charge in [-0.1, -0.05) is 22.6 Å². The first-order valence-corrected chi connectivity index (χ1v) is 6.68. The van der Waals surface area contributed by atoms with E-state index >= 15 is 0 Å². The average Bonchev–Trinajstić information content (AvgIpc) is 2.27. The van der Waals surface area contributed by atoms with Crippen molar-refractivity contribution < 1.29 is 9.59 Å². The first-order chi connectivity index (χ1) is 8.48. The number of alkyl halides is 1. The van der Waals surface area contributed by atoms with Crippen LogP contribution in [-0.4, -0.2) is 20.0 Å². The normalized spacial score (nSPS) is 24.0. The van der Waals surface area contributed by atoms with Crippen molar-refractivity contribution in [2.24, 2.45) is 0 Å². The van der Waals surface area contributed by atoms with Crippen LogP contribution in [-0.2, 0) is 9.59 Å². The lowest BCUT2D eigenvalue weighted by Crippen LogP contribution is -2.34. The predicted octanol–water partition coefficient (Wildman–Crippen LogP) is 2.50. The predicted molar refractivity (Wildman–Crippen MR) is 77.6 cm³/mol. The van der Waals surface area contributed by atoms with Crippen molar-refractivity contribution in [2.75, 3.05) is 5.32 Å². The van der Waals surface area contributed by atoms with E-state index in [1.807, 2.05) is 6.92 Å². The number of hydrogen-bond donors (Lipinski definition) is 1. The van der Waals surface area contributed by atoms with Gasteiger partial charge < -0.3 is 5.32 Å². The van der Waals surface area contributed by atoms with Crippen LogP contribution < -0.4 is 5.32 Å². The third-order valence-corrected chi connectivity index (χ3v) is 3.49. The average molecular weight is 356 g/mol. The van der Waals surface area contributed by atoms with Crippen LogP contribution in [0.5, 0.6) is 0 Å². The van der Waals surface area contributed by atoms with Crippen LogP contribution in [0.25, 0.3) is 0 Å². The maximum absolute atomic E-state index is 11.9. The molecule has 4 nitrogen and oxygen atoms in total. The van der Waals surface area contributed by atoms with E-state index in [0.717, 1.165) is 5.69 Å². The van der Waals surface area contributed by atoms with Crippen LogP contribution >= 0.6 is 22.6 Å². The number of allylic oxidation sites excluding steroid dienone is 1. The van der Waals surface area contributed by atoms with Crippen molar-refractivity contribution in [1.82, 2.24) is 4.98 Å². The van der Waals surface area contributed by atoms with Crippen molar-refractivity contribution in [3.8, 4) is 0 Å². The smallest absolute Gasteiger partial charge is 0.169 e. The van der Waals surface area contributed by atoms with Gasteiger partial charge in [0.15, 0.2) is 11.6 Å². The van der Waals surface area contributed by atoms with Gasteiger partial charge in [0.2, 0.25) is 0 Å². The van der Waals surface area contributed by atoms with E-state index < -0.39 is 0 Å². The molecule has 5 heteroatoms. The minimum atomic E-state index is -0.250. The first-order valence-electron chi connectivity index (χ1n) is 5.60. The fourth-order valence-corrected chi connectivity index (χ4v) is 2.54. The van der Waals surface area contributed by atoms with E-state index in [1.54, 1.807) is 24.5 Å². The Hall–Kier alpha value is -1.24. The Bertz CT molecular complexity index is 487. The zero-order chi connectivity index (χ0) is 13.2. The minimum Gasteiger partial charge on any atom is -0.361 e. The molecule has 1 aromatic rings. The van der Waals surface area contributed by atoms with E-state index in [9.17, 15) is 9.59 Å². The second-order valence-electron chi connectivity index (χ2n) is 4.55. The molecular weight excluding hydrogens is 343 g/mol. The van der Waals surface area contributed by atoms with Gasteiger partial charge in [-0.2, -0.15) is 0 Å². The molecule has 1 aliphatic carbocycles. The Morgan fingerprint density at radius 2 is 1.83 bits per heavy atom. The van der Waals surface area contributed by atoms with E-state index in [4.69, 9.17) is 0 Å². The highest BCUT2D eigenvalue weighted by molar-refractivity contribution is 14.1. The number of ketones is 2. The number of hydrogen-bond acceptors (Lipinski definition) is 4. The van der Waals surface area contributed by atoms with Gasteiger partial charge in [0, 0.05) is 40.5 Å². The number of rotatable bonds is 2. The number of halogens is 1. The molecule has 0 spiro atoms. The lowest BCUT2D eigenvalue weighted by molar-refractivity contribution is -0.124. The summed E-state index contributed by atoms with van der Waals surface area (Å²) in [6.07, 6.45) is 5.61. The quantitative estimate of drug-likeness (QED) is 0.383. The highest BCUT2D eigenvalue weighted by Gasteiger charge is 2.36. The van der Waals surface area contributed by atoms with E-state index in [-0.39, 0.29) is 20.6 Å². The highest BCUT2D eigenvalue weighted by Crippen LogP contribution is 2.34. The molecular formula is C13H13IN2O2. The summed E-state index contributed by atoms with van der Waals surface area (Å²) in [7, 11) is 0. The van der Waals surface area contributed by atoms with Crippen molar-refractivity contribution in [3.63, 3.8) is 0 Å². The number of carbonyl (C=O) groups excluding carboxylic acids is 2. The van der Waals surface area contributed by atoms with E-state index in [2.05, 4.69) is 32.9 Å². The van der Waals surface area contributed by atoms with E-state index in [0.29, 0.717) is 12.8 Å². The Kier molecular flexibility index (Phi) is 3.79. The molecule has 1 heterocycles. The monoisotopic (exact) mass is 356 g/mol. The number of Topliss-reactive ketones (excluding diaryl/α,β-unsaturated/α-hetero) is 2. The second kappa shape index (κ2) is 5.17. The molecule has 1 N–H and O–H groups in total. The summed E-state index contributed by atoms with van der Waals surface area (Å²) in [5.74, 6) is -0.186. The number of pyridine rings is 1. The zero-order valence-electron chi connectivity index (χ0n) is 9.94. The van der Waals surface area contributed by atoms with Crippen LogP contribution in [0.1, 0.15) is 19.8 Å². The molecule has 1 aromatic heterocycles. The molecule has 0 radical (unpaired) electrons. The van der Waals surface area contributed by atoms with Crippen LogP contribution in [0.2, 0.25) is 0 Å². The fourth-order valence-electron chi connectivity index (χ4n) is 1.84. The third-order valence-electron chi connectivity index (χ3n) is 2.72. The Morgan fingerprint density at radius 1 is 1.28 bits per heavy atom. The lowest BCUT2D eigenvalue weighted by atomic mass is 9.85. The van der Waals surface area contributed by atoms with Crippen molar-refractivity contribution in [2.45, 2.75) is 23.2 Å². The molecule has 1 saturated carbocycles. The molecule has 1 fully saturated rings. The Balaban J connectivity index is 2.14. The summed E-state index contributed by atoms with van der Waals surface area (Å²) in [4.78, 5) is 27.7. The standard InChI is InChI=1S/C13H13IN2O2/c1-13(14)6-11(17)10(12(18)7-13)8-16-9-2-4-15-5-3-9/h2-5,8H,6-7H2,1H3,(H,15,16). The topological polar surface area (TPSA) is 59.1 Å². The first kappa shape index (κ1) is 13.2. The van der Waals surface area contributed by atoms with E-state index in [1.165, 1.54) is 6.20 Å². The molecule has 0 aromatic carbocycles. The molecule has 1 aliphatic rings. The summed E-state index contributed by atoms with van der Waals surface area (Å²) >= 11 is 2.17. The fraction of sp³-hybridized carbons (Fsp3) is 0.308. The van der Waals surface area contributed by atoms with Crippen LogP contribution in [0.4, 0.5) is 5.69 Å². The Labute approximate surface area is 119 Å². The van der Waals surface area contributed by atoms with Crippen molar-refractivity contribution in [1.29, 1.82) is 0 Å².